The molecule has 3 aromatic rings. The number of thiophene rings is 1. The molecule has 0 saturated heterocycles. The van der Waals surface area contributed by atoms with Crippen molar-refractivity contribution in [1.29, 1.82) is 0 Å². The Morgan fingerprint density at radius 1 is 1.25 bits per heavy atom. The first-order valence-corrected chi connectivity index (χ1v) is 8.72. The topological polar surface area (TPSA) is 144 Å². The second-order valence-electron chi connectivity index (χ2n) is 5.52. The Morgan fingerprint density at radius 2 is 2.00 bits per heavy atom. The molecule has 0 unspecified atom stereocenters. The number of nitrogens with zero attached hydrogens (tertiary/aromatic N) is 1. The third-order valence-corrected chi connectivity index (χ3v) is 4.40. The lowest BCUT2D eigenvalue weighted by atomic mass is 10.2. The van der Waals surface area contributed by atoms with E-state index in [4.69, 9.17) is 5.11 Å². The van der Waals surface area contributed by atoms with E-state index in [1.54, 1.807) is 11.4 Å². The molecule has 9 nitrogen and oxygen atoms in total. The summed E-state index contributed by atoms with van der Waals surface area (Å²) in [5.74, 6) is -3.17. The van der Waals surface area contributed by atoms with Crippen LogP contribution in [0.25, 0.3) is 11.4 Å². The molecule has 0 aliphatic carbocycles. The van der Waals surface area contributed by atoms with Crippen molar-refractivity contribution in [2.75, 3.05) is 5.32 Å². The number of carbonyl (C=O) groups excluding carboxylic acids is 1. The highest BCUT2D eigenvalue weighted by molar-refractivity contribution is 7.08. The van der Waals surface area contributed by atoms with Crippen LogP contribution < -0.4 is 16.2 Å². The summed E-state index contributed by atoms with van der Waals surface area (Å²) in [6, 6.07) is 5.35. The fourth-order valence-electron chi connectivity index (χ4n) is 2.30. The van der Waals surface area contributed by atoms with E-state index in [0.717, 1.165) is 0 Å². The van der Waals surface area contributed by atoms with Crippen molar-refractivity contribution in [2.24, 2.45) is 0 Å². The summed E-state index contributed by atoms with van der Waals surface area (Å²) in [5, 5.41) is 26.7. The lowest BCUT2D eigenvalue weighted by Gasteiger charge is -2.09. The van der Waals surface area contributed by atoms with Crippen LogP contribution in [0, 0.1) is 5.82 Å². The molecule has 0 bridgehead atoms. The highest BCUT2D eigenvalue weighted by atomic mass is 32.1. The van der Waals surface area contributed by atoms with Gasteiger partial charge in [0.1, 0.15) is 11.6 Å². The van der Waals surface area contributed by atoms with Gasteiger partial charge in [-0.15, -0.1) is 11.3 Å². The lowest BCUT2D eigenvalue weighted by Crippen LogP contribution is -2.28. The Balaban J connectivity index is 1.79. The van der Waals surface area contributed by atoms with E-state index in [-0.39, 0.29) is 23.6 Å². The second kappa shape index (κ2) is 7.88. The van der Waals surface area contributed by atoms with Crippen LogP contribution in [0.15, 0.2) is 39.8 Å². The van der Waals surface area contributed by atoms with Gasteiger partial charge in [0.25, 0.3) is 5.56 Å². The van der Waals surface area contributed by atoms with Crippen molar-refractivity contribution in [1.82, 2.24) is 15.3 Å². The Morgan fingerprint density at radius 3 is 2.71 bits per heavy atom. The monoisotopic (exact) mass is 404 g/mol. The predicted molar refractivity (Wildman–Crippen MR) is 99.1 cm³/mol. The molecular formula is C17H13FN4O5S. The zero-order chi connectivity index (χ0) is 20.3. The van der Waals surface area contributed by atoms with Crippen LogP contribution in [0.4, 0.5) is 14.9 Å². The number of aromatic carboxylic acids is 1. The summed E-state index contributed by atoms with van der Waals surface area (Å²) in [7, 11) is 0. The highest BCUT2D eigenvalue weighted by Gasteiger charge is 2.20. The van der Waals surface area contributed by atoms with Gasteiger partial charge in [-0.25, -0.2) is 19.0 Å². The number of benzene rings is 1. The number of urea groups is 1. The first-order chi connectivity index (χ1) is 13.4. The molecule has 0 fully saturated rings. The summed E-state index contributed by atoms with van der Waals surface area (Å²) < 4.78 is 13.6. The summed E-state index contributed by atoms with van der Waals surface area (Å²) >= 11 is 1.17. The number of halogens is 1. The predicted octanol–water partition coefficient (Wildman–Crippen LogP) is 2.36. The van der Waals surface area contributed by atoms with E-state index in [0.29, 0.717) is 5.56 Å². The number of amides is 2. The molecule has 0 saturated carbocycles. The average Bonchev–Trinajstić information content (AvgIpc) is 3.11. The van der Waals surface area contributed by atoms with Crippen LogP contribution in [0.1, 0.15) is 16.1 Å². The smallest absolute Gasteiger partial charge is 0.358 e. The zero-order valence-electron chi connectivity index (χ0n) is 14.0. The number of carboxylic acids is 1. The molecule has 2 amide bonds. The number of aromatic nitrogens is 2. The molecule has 5 N–H and O–H groups in total. The van der Waals surface area contributed by atoms with Gasteiger partial charge < -0.3 is 25.8 Å². The number of aromatic amines is 1. The second-order valence-corrected chi connectivity index (χ2v) is 6.26. The maximum Gasteiger partial charge on any atom is 0.358 e. The van der Waals surface area contributed by atoms with Gasteiger partial charge in [0.15, 0.2) is 5.69 Å². The number of hydrogen-bond acceptors (Lipinski definition) is 6. The number of anilines is 1. The van der Waals surface area contributed by atoms with Crippen molar-refractivity contribution in [3.8, 4) is 17.1 Å². The largest absolute Gasteiger partial charge is 0.501 e. The zero-order valence-corrected chi connectivity index (χ0v) is 14.8. The van der Waals surface area contributed by atoms with Crippen LogP contribution in [0.3, 0.4) is 0 Å². The van der Waals surface area contributed by atoms with Crippen molar-refractivity contribution in [3.05, 3.63) is 62.5 Å². The van der Waals surface area contributed by atoms with Gasteiger partial charge in [-0.3, -0.25) is 4.79 Å². The standard InChI is InChI=1S/C17H13FN4O5S/c18-10-4-2-1-3-8(10)5-19-17(27)20-11-7-28-6-9(11)14-21-12(16(25)26)13(23)15(24)22-14/h1-4,6-7,23H,5H2,(H,25,26)(H2,19,20,27)(H,21,22,24). The fraction of sp³-hybridized carbons (Fsp3) is 0.0588. The van der Waals surface area contributed by atoms with E-state index in [2.05, 4.69) is 20.6 Å². The number of nitrogens with one attached hydrogen (secondary N) is 3. The van der Waals surface area contributed by atoms with E-state index in [9.17, 15) is 23.9 Å². The van der Waals surface area contributed by atoms with Gasteiger partial charge in [-0.05, 0) is 6.07 Å². The number of aromatic hydroxyl groups is 1. The number of carbonyl (C=O) groups is 2. The molecule has 144 valence electrons. The number of rotatable bonds is 5. The average molecular weight is 404 g/mol. The molecule has 2 aromatic heterocycles. The molecule has 0 spiro atoms. The van der Waals surface area contributed by atoms with Crippen LogP contribution in [0.5, 0.6) is 5.75 Å². The Kier molecular flexibility index (Phi) is 5.36. The van der Waals surface area contributed by atoms with E-state index in [1.807, 2.05) is 0 Å². The lowest BCUT2D eigenvalue weighted by molar-refractivity contribution is 0.0686. The minimum atomic E-state index is -1.57. The molecule has 0 aliphatic heterocycles. The van der Waals surface area contributed by atoms with Crippen molar-refractivity contribution < 1.29 is 24.2 Å². The van der Waals surface area contributed by atoms with E-state index >= 15 is 0 Å². The van der Waals surface area contributed by atoms with Gasteiger partial charge in [-0.1, -0.05) is 18.2 Å². The molecule has 3 rings (SSSR count). The minimum absolute atomic E-state index is 0.0462. The van der Waals surface area contributed by atoms with Gasteiger partial charge in [0, 0.05) is 22.9 Å². The van der Waals surface area contributed by atoms with Crippen LogP contribution in [0.2, 0.25) is 0 Å². The van der Waals surface area contributed by atoms with Crippen LogP contribution in [-0.4, -0.2) is 32.2 Å². The van der Waals surface area contributed by atoms with Crippen LogP contribution >= 0.6 is 11.3 Å². The first kappa shape index (κ1) is 19.0. The summed E-state index contributed by atoms with van der Waals surface area (Å²) in [4.78, 5) is 41.0. The maximum atomic E-state index is 13.6. The summed E-state index contributed by atoms with van der Waals surface area (Å²) in [5.41, 5.74) is -1.02. The van der Waals surface area contributed by atoms with Crippen molar-refractivity contribution >= 4 is 29.0 Å². The first-order valence-electron chi connectivity index (χ1n) is 7.78. The molecule has 1 aromatic carbocycles. The molecule has 11 heteroatoms. The summed E-state index contributed by atoms with van der Waals surface area (Å²) in [6.07, 6.45) is 0. The highest BCUT2D eigenvalue weighted by Crippen LogP contribution is 2.29. The Labute approximate surface area is 160 Å². The van der Waals surface area contributed by atoms with E-state index < -0.39 is 34.8 Å². The van der Waals surface area contributed by atoms with Crippen LogP contribution in [-0.2, 0) is 6.54 Å². The molecular weight excluding hydrogens is 391 g/mol. The minimum Gasteiger partial charge on any atom is -0.501 e. The quantitative estimate of drug-likeness (QED) is 0.441. The van der Waals surface area contributed by atoms with Gasteiger partial charge >= 0.3 is 12.0 Å². The van der Waals surface area contributed by atoms with Gasteiger partial charge in [0.2, 0.25) is 5.75 Å². The third-order valence-electron chi connectivity index (χ3n) is 3.66. The van der Waals surface area contributed by atoms with Crippen molar-refractivity contribution in [2.45, 2.75) is 6.54 Å². The van der Waals surface area contributed by atoms with Gasteiger partial charge in [-0.2, -0.15) is 0 Å². The molecule has 0 aliphatic rings. The molecule has 2 heterocycles. The maximum absolute atomic E-state index is 13.6. The Bertz CT molecular complexity index is 1110. The Hall–Kier alpha value is -3.73. The third kappa shape index (κ3) is 3.99. The number of carboxylic acid groups (broad SMARTS) is 1. The van der Waals surface area contributed by atoms with Crippen molar-refractivity contribution in [3.63, 3.8) is 0 Å². The van der Waals surface area contributed by atoms with E-state index in [1.165, 1.54) is 34.9 Å². The molecule has 0 radical (unpaired) electrons. The fourth-order valence-corrected chi connectivity index (χ4v) is 3.07. The SMILES string of the molecule is O=C(NCc1ccccc1F)Nc1cscc1-c1nc(C(=O)O)c(O)c(=O)[nH]1. The number of hydrogen-bond donors (Lipinski definition) is 5. The normalized spacial score (nSPS) is 10.5. The molecule has 28 heavy (non-hydrogen) atoms. The summed E-state index contributed by atoms with van der Waals surface area (Å²) in [6.45, 7) is -0.0462. The number of H-pyrrole nitrogens is 1. The molecule has 0 atom stereocenters. The van der Waals surface area contributed by atoms with Gasteiger partial charge in [0.05, 0.1) is 11.3 Å².